The van der Waals surface area contributed by atoms with Crippen molar-refractivity contribution in [3.8, 4) is 0 Å². The van der Waals surface area contributed by atoms with Crippen molar-refractivity contribution in [3.63, 3.8) is 0 Å². The highest BCUT2D eigenvalue weighted by molar-refractivity contribution is 5.80. The fraction of sp³-hybridized carbons (Fsp3) is 0.901. The number of unbranched alkanes of at least 4 members (excludes halogenated alkanes) is 44. The Morgan fingerprint density at radius 3 is 1.12 bits per heavy atom. The Morgan fingerprint density at radius 2 is 0.756 bits per heavy atom. The van der Waals surface area contributed by atoms with Crippen LogP contribution in [0.25, 0.3) is 0 Å². The number of allylic oxidation sites excluding steroid dienone is 6. The second-order valence-corrected chi connectivity index (χ2v) is 25.0. The average Bonchev–Trinajstić information content (AvgIpc) is 3.49. The number of aliphatic hydroxyl groups excluding tert-OH is 7. The molecule has 0 aromatic heterocycles. The summed E-state index contributed by atoms with van der Waals surface area (Å²) in [4.78, 5) is 13.2. The van der Waals surface area contributed by atoms with Crippen LogP contribution in [0.4, 0.5) is 0 Å². The molecule has 82 heavy (non-hydrogen) atoms. The molecule has 1 aliphatic rings. The Balaban J connectivity index is 2.20. The van der Waals surface area contributed by atoms with E-state index in [1.165, 1.54) is 257 Å². The van der Waals surface area contributed by atoms with Crippen LogP contribution < -0.4 is 5.32 Å². The third-order valence-electron chi connectivity index (χ3n) is 17.2. The Labute approximate surface area is 505 Å². The minimum absolute atomic E-state index is 0.255. The van der Waals surface area contributed by atoms with E-state index in [0.717, 1.165) is 44.9 Å². The molecule has 1 heterocycles. The molecule has 11 heteroatoms. The van der Waals surface area contributed by atoms with Crippen LogP contribution in [-0.2, 0) is 14.3 Å². The van der Waals surface area contributed by atoms with Gasteiger partial charge in [0.2, 0.25) is 5.91 Å². The van der Waals surface area contributed by atoms with E-state index in [9.17, 15) is 40.5 Å². The van der Waals surface area contributed by atoms with Gasteiger partial charge in [-0.2, -0.15) is 0 Å². The summed E-state index contributed by atoms with van der Waals surface area (Å²) in [6, 6.07) is -1.19. The number of ether oxygens (including phenoxy) is 2. The van der Waals surface area contributed by atoms with Crippen LogP contribution in [-0.4, -0.2) is 110 Å². The van der Waals surface area contributed by atoms with Gasteiger partial charge < -0.3 is 50.5 Å². The van der Waals surface area contributed by atoms with Crippen molar-refractivity contribution in [1.82, 2.24) is 5.32 Å². The van der Waals surface area contributed by atoms with Gasteiger partial charge in [-0.1, -0.05) is 307 Å². The quantitative estimate of drug-likeness (QED) is 0.0215. The SMILES string of the molecule is CCCCCCCCCCC/C=C\C/C=C\CCCCCCCCCCCCCCCCCCC(O)C(=O)NC(COC1OC(CO)C(O)C(O)C1O)C(O)C(O)CCC/C=C/CCCCCCCCCCCCCCCCCCCC. The lowest BCUT2D eigenvalue weighted by molar-refractivity contribution is -0.303. The van der Waals surface area contributed by atoms with Crippen LogP contribution >= 0.6 is 0 Å². The zero-order valence-electron chi connectivity index (χ0n) is 53.5. The van der Waals surface area contributed by atoms with Gasteiger partial charge in [0, 0.05) is 0 Å². The molecule has 1 rings (SSSR count). The van der Waals surface area contributed by atoms with Crippen molar-refractivity contribution in [2.45, 2.75) is 396 Å². The Kier molecular flexibility index (Phi) is 57.0. The topological polar surface area (TPSA) is 189 Å². The molecule has 0 spiro atoms. The predicted octanol–water partition coefficient (Wildman–Crippen LogP) is 17.0. The van der Waals surface area contributed by atoms with Gasteiger partial charge in [0.05, 0.1) is 25.4 Å². The van der Waals surface area contributed by atoms with E-state index < -0.39 is 74.2 Å². The van der Waals surface area contributed by atoms with Gasteiger partial charge >= 0.3 is 0 Å². The fourth-order valence-corrected chi connectivity index (χ4v) is 11.5. The third kappa shape index (κ3) is 46.5. The highest BCUT2D eigenvalue weighted by atomic mass is 16.7. The van der Waals surface area contributed by atoms with Gasteiger partial charge in [-0.25, -0.2) is 0 Å². The van der Waals surface area contributed by atoms with Crippen molar-refractivity contribution in [3.05, 3.63) is 36.5 Å². The van der Waals surface area contributed by atoms with E-state index in [2.05, 4.69) is 55.6 Å². The lowest BCUT2D eigenvalue weighted by Crippen LogP contribution is -2.60. The van der Waals surface area contributed by atoms with Crippen molar-refractivity contribution < 1.29 is 50.0 Å². The standard InChI is InChI=1S/C71H135NO10/c1-3-5-7-9-11-13-15-17-19-21-23-25-27-28-29-30-31-32-33-34-35-37-39-41-43-45-47-49-51-53-55-57-59-64(75)70(80)72-62(61-81-71-69(79)68(78)67(77)65(60-73)82-71)66(76)63(74)58-56-54-52-50-48-46-44-42-40-38-36-26-24-22-20-18-16-14-12-10-8-6-4-2/h23,25,28-29,50,52,62-69,71,73-79H,3-22,24,26-27,30-49,51,53-61H2,1-2H3,(H,72,80)/b25-23-,29-28-,52-50+. The molecular formula is C71H135NO10. The summed E-state index contributed by atoms with van der Waals surface area (Å²) < 4.78 is 11.2. The number of nitrogens with one attached hydrogen (secondary N) is 1. The van der Waals surface area contributed by atoms with Gasteiger partial charge in [0.25, 0.3) is 0 Å². The van der Waals surface area contributed by atoms with Crippen LogP contribution in [0.2, 0.25) is 0 Å². The number of carbonyl (C=O) groups excluding carboxylic acids is 1. The molecule has 0 aromatic carbocycles. The third-order valence-corrected chi connectivity index (χ3v) is 17.2. The summed E-state index contributed by atoms with van der Waals surface area (Å²) in [6.07, 6.45) is 65.2. The molecular weight excluding hydrogens is 1030 g/mol. The van der Waals surface area contributed by atoms with Crippen LogP contribution in [0.5, 0.6) is 0 Å². The van der Waals surface area contributed by atoms with Crippen molar-refractivity contribution in [2.24, 2.45) is 0 Å². The van der Waals surface area contributed by atoms with Gasteiger partial charge in [0.15, 0.2) is 6.29 Å². The van der Waals surface area contributed by atoms with E-state index in [0.29, 0.717) is 12.8 Å². The number of aliphatic hydroxyl groups is 7. The summed E-state index contributed by atoms with van der Waals surface area (Å²) in [6.45, 7) is 3.49. The zero-order chi connectivity index (χ0) is 59.6. The lowest BCUT2D eigenvalue weighted by Gasteiger charge is -2.40. The van der Waals surface area contributed by atoms with Crippen LogP contribution in [0.3, 0.4) is 0 Å². The van der Waals surface area contributed by atoms with E-state index >= 15 is 0 Å². The summed E-state index contributed by atoms with van der Waals surface area (Å²) in [7, 11) is 0. The Hall–Kier alpha value is -1.67. The molecule has 11 nitrogen and oxygen atoms in total. The summed E-state index contributed by atoms with van der Waals surface area (Å²) >= 11 is 0. The summed E-state index contributed by atoms with van der Waals surface area (Å²) in [5, 5.41) is 76.5. The van der Waals surface area contributed by atoms with Crippen LogP contribution in [0.1, 0.15) is 341 Å². The number of rotatable bonds is 62. The van der Waals surface area contributed by atoms with Crippen LogP contribution in [0.15, 0.2) is 36.5 Å². The van der Waals surface area contributed by atoms with Gasteiger partial charge in [-0.05, 0) is 70.6 Å². The molecule has 0 aliphatic carbocycles. The van der Waals surface area contributed by atoms with Crippen molar-refractivity contribution in [2.75, 3.05) is 13.2 Å². The smallest absolute Gasteiger partial charge is 0.249 e. The number of carbonyl (C=O) groups is 1. The number of hydrogen-bond acceptors (Lipinski definition) is 10. The molecule has 9 unspecified atom stereocenters. The molecule has 0 aromatic rings. The first kappa shape index (κ1) is 78.3. The van der Waals surface area contributed by atoms with E-state index in [-0.39, 0.29) is 12.8 Å². The summed E-state index contributed by atoms with van der Waals surface area (Å²) in [5.41, 5.74) is 0. The Morgan fingerprint density at radius 1 is 0.427 bits per heavy atom. The van der Waals surface area contributed by atoms with E-state index in [1.54, 1.807) is 0 Å². The molecule has 0 bridgehead atoms. The molecule has 0 saturated carbocycles. The predicted molar refractivity (Wildman–Crippen MR) is 344 cm³/mol. The normalized spacial score (nSPS) is 19.3. The minimum atomic E-state index is -1.67. The average molecular weight is 1160 g/mol. The maximum absolute atomic E-state index is 13.2. The highest BCUT2D eigenvalue weighted by Crippen LogP contribution is 2.24. The summed E-state index contributed by atoms with van der Waals surface area (Å²) in [5.74, 6) is -0.701. The molecule has 1 amide bonds. The molecule has 1 fully saturated rings. The molecule has 0 radical (unpaired) electrons. The first-order valence-corrected chi connectivity index (χ1v) is 35.4. The van der Waals surface area contributed by atoms with Gasteiger partial charge in [-0.15, -0.1) is 0 Å². The lowest BCUT2D eigenvalue weighted by atomic mass is 9.98. The molecule has 9 atom stereocenters. The second-order valence-electron chi connectivity index (χ2n) is 25.0. The number of hydrogen-bond donors (Lipinski definition) is 8. The van der Waals surface area contributed by atoms with Gasteiger partial charge in [0.1, 0.15) is 36.6 Å². The van der Waals surface area contributed by atoms with Crippen LogP contribution in [0, 0.1) is 0 Å². The minimum Gasteiger partial charge on any atom is -0.394 e. The fourth-order valence-electron chi connectivity index (χ4n) is 11.5. The second kappa shape index (κ2) is 59.7. The maximum atomic E-state index is 13.2. The molecule has 1 aliphatic heterocycles. The molecule has 1 saturated heterocycles. The van der Waals surface area contributed by atoms with Crippen molar-refractivity contribution in [1.29, 1.82) is 0 Å². The maximum Gasteiger partial charge on any atom is 0.249 e. The van der Waals surface area contributed by atoms with Crippen molar-refractivity contribution >= 4 is 5.91 Å². The number of amides is 1. The molecule has 484 valence electrons. The monoisotopic (exact) mass is 1160 g/mol. The van der Waals surface area contributed by atoms with E-state index in [4.69, 9.17) is 9.47 Å². The van der Waals surface area contributed by atoms with Gasteiger partial charge in [-0.3, -0.25) is 4.79 Å². The molecule has 8 N–H and O–H groups in total. The largest absolute Gasteiger partial charge is 0.394 e. The van der Waals surface area contributed by atoms with E-state index in [1.807, 2.05) is 0 Å². The zero-order valence-corrected chi connectivity index (χ0v) is 53.5. The highest BCUT2D eigenvalue weighted by Gasteiger charge is 2.44. The first-order chi connectivity index (χ1) is 40.2. The first-order valence-electron chi connectivity index (χ1n) is 35.4. The Bertz CT molecular complexity index is 1430.